The van der Waals surface area contributed by atoms with Gasteiger partial charge in [0.15, 0.2) is 0 Å². The fourth-order valence-electron chi connectivity index (χ4n) is 1.61. The van der Waals surface area contributed by atoms with Crippen LogP contribution in [-0.4, -0.2) is 56.1 Å². The molecule has 1 fully saturated rings. The molecular weight excluding hydrogens is 218 g/mol. The number of nitrogens with one attached hydrogen (secondary N) is 1. The summed E-state index contributed by atoms with van der Waals surface area (Å²) in [5.41, 5.74) is 0. The standard InChI is InChI=1S/C10H18F2N2O2/c1-7(13-2)10(15)14-4-3-8(9(11)12)16-6-5-14/h7-9,13H,3-6H2,1-2H3/t7-,8?/m0/s1. The predicted octanol–water partition coefficient (Wildman–Crippen LogP) is 0.477. The van der Waals surface area contributed by atoms with Crippen LogP contribution in [0.3, 0.4) is 0 Å². The van der Waals surface area contributed by atoms with Crippen molar-refractivity contribution in [3.8, 4) is 0 Å². The first-order valence-corrected chi connectivity index (χ1v) is 5.42. The van der Waals surface area contributed by atoms with E-state index in [-0.39, 0.29) is 25.0 Å². The van der Waals surface area contributed by atoms with Gasteiger partial charge in [0.1, 0.15) is 6.10 Å². The minimum atomic E-state index is -2.48. The number of nitrogens with zero attached hydrogens (tertiary/aromatic N) is 1. The van der Waals surface area contributed by atoms with Crippen LogP contribution in [-0.2, 0) is 9.53 Å². The molecule has 1 saturated heterocycles. The third kappa shape index (κ3) is 3.38. The van der Waals surface area contributed by atoms with Crippen molar-refractivity contribution in [2.75, 3.05) is 26.7 Å². The van der Waals surface area contributed by atoms with Crippen LogP contribution in [0.1, 0.15) is 13.3 Å². The second-order valence-electron chi connectivity index (χ2n) is 3.87. The van der Waals surface area contributed by atoms with E-state index in [4.69, 9.17) is 4.74 Å². The molecule has 0 radical (unpaired) electrons. The van der Waals surface area contributed by atoms with Crippen LogP contribution in [0.5, 0.6) is 0 Å². The van der Waals surface area contributed by atoms with E-state index in [2.05, 4.69) is 5.32 Å². The molecule has 16 heavy (non-hydrogen) atoms. The Labute approximate surface area is 93.9 Å². The summed E-state index contributed by atoms with van der Waals surface area (Å²) in [5, 5.41) is 2.84. The molecule has 0 bridgehead atoms. The van der Waals surface area contributed by atoms with Gasteiger partial charge in [0.05, 0.1) is 12.6 Å². The molecule has 0 aromatic carbocycles. The van der Waals surface area contributed by atoms with Crippen LogP contribution in [0, 0.1) is 0 Å². The Balaban J connectivity index is 2.50. The van der Waals surface area contributed by atoms with Crippen LogP contribution >= 0.6 is 0 Å². The second-order valence-corrected chi connectivity index (χ2v) is 3.87. The maximum Gasteiger partial charge on any atom is 0.264 e. The van der Waals surface area contributed by atoms with Crippen LogP contribution in [0.4, 0.5) is 8.78 Å². The van der Waals surface area contributed by atoms with Crippen molar-refractivity contribution in [1.82, 2.24) is 10.2 Å². The van der Waals surface area contributed by atoms with Crippen molar-refractivity contribution in [3.05, 3.63) is 0 Å². The first-order chi connectivity index (χ1) is 7.56. The van der Waals surface area contributed by atoms with Crippen molar-refractivity contribution >= 4 is 5.91 Å². The Hall–Kier alpha value is -0.750. The highest BCUT2D eigenvalue weighted by Gasteiger charge is 2.28. The quantitative estimate of drug-likeness (QED) is 0.775. The lowest BCUT2D eigenvalue weighted by Gasteiger charge is -2.23. The average Bonchev–Trinajstić information content (AvgIpc) is 2.52. The Bertz CT molecular complexity index is 239. The summed E-state index contributed by atoms with van der Waals surface area (Å²) < 4.78 is 29.8. The van der Waals surface area contributed by atoms with Gasteiger partial charge >= 0.3 is 0 Å². The number of alkyl halides is 2. The van der Waals surface area contributed by atoms with Crippen molar-refractivity contribution in [1.29, 1.82) is 0 Å². The number of amides is 1. The summed E-state index contributed by atoms with van der Waals surface area (Å²) in [6.45, 7) is 2.64. The third-order valence-corrected chi connectivity index (χ3v) is 2.77. The van der Waals surface area contributed by atoms with Gasteiger partial charge in [-0.05, 0) is 20.4 Å². The summed E-state index contributed by atoms with van der Waals surface area (Å²) >= 11 is 0. The average molecular weight is 236 g/mol. The zero-order chi connectivity index (χ0) is 12.1. The van der Waals surface area contributed by atoms with Gasteiger partial charge in [-0.1, -0.05) is 0 Å². The monoisotopic (exact) mass is 236 g/mol. The molecule has 0 spiro atoms. The van der Waals surface area contributed by atoms with E-state index < -0.39 is 12.5 Å². The van der Waals surface area contributed by atoms with Crippen LogP contribution < -0.4 is 5.32 Å². The lowest BCUT2D eigenvalue weighted by atomic mass is 10.2. The number of carbonyl (C=O) groups is 1. The van der Waals surface area contributed by atoms with Gasteiger partial charge in [0.2, 0.25) is 5.91 Å². The first-order valence-electron chi connectivity index (χ1n) is 5.42. The zero-order valence-corrected chi connectivity index (χ0v) is 9.58. The lowest BCUT2D eigenvalue weighted by Crippen LogP contribution is -2.44. The Morgan fingerprint density at radius 2 is 2.19 bits per heavy atom. The van der Waals surface area contributed by atoms with Gasteiger partial charge in [0.25, 0.3) is 6.43 Å². The van der Waals surface area contributed by atoms with E-state index in [0.29, 0.717) is 13.1 Å². The molecule has 1 N–H and O–H groups in total. The van der Waals surface area contributed by atoms with Crippen LogP contribution in [0.2, 0.25) is 0 Å². The van der Waals surface area contributed by atoms with E-state index >= 15 is 0 Å². The SMILES string of the molecule is CN[C@@H](C)C(=O)N1CCOC(C(F)F)CC1. The van der Waals surface area contributed by atoms with Gasteiger partial charge in [0, 0.05) is 13.1 Å². The molecule has 0 aromatic heterocycles. The fraction of sp³-hybridized carbons (Fsp3) is 0.900. The van der Waals surface area contributed by atoms with E-state index in [1.54, 1.807) is 18.9 Å². The number of rotatable bonds is 3. The molecule has 0 aromatic rings. The van der Waals surface area contributed by atoms with Gasteiger partial charge in [-0.2, -0.15) is 0 Å². The Morgan fingerprint density at radius 3 is 2.75 bits per heavy atom. The maximum absolute atomic E-state index is 12.4. The summed E-state index contributed by atoms with van der Waals surface area (Å²) in [7, 11) is 1.69. The molecular formula is C10H18F2N2O2. The van der Waals surface area contributed by atoms with E-state index in [9.17, 15) is 13.6 Å². The number of halogens is 2. The molecule has 1 unspecified atom stereocenters. The summed E-state index contributed by atoms with van der Waals surface area (Å²) in [4.78, 5) is 13.4. The highest BCUT2D eigenvalue weighted by atomic mass is 19.3. The number of hydrogen-bond acceptors (Lipinski definition) is 3. The van der Waals surface area contributed by atoms with Crippen molar-refractivity contribution in [3.63, 3.8) is 0 Å². The molecule has 1 rings (SSSR count). The number of hydrogen-bond donors (Lipinski definition) is 1. The fourth-order valence-corrected chi connectivity index (χ4v) is 1.61. The molecule has 1 aliphatic rings. The van der Waals surface area contributed by atoms with Gasteiger partial charge in [-0.15, -0.1) is 0 Å². The molecule has 4 nitrogen and oxygen atoms in total. The maximum atomic E-state index is 12.4. The molecule has 1 aliphatic heterocycles. The summed E-state index contributed by atoms with van der Waals surface area (Å²) in [6, 6.07) is -0.289. The third-order valence-electron chi connectivity index (χ3n) is 2.77. The molecule has 1 amide bonds. The van der Waals surface area contributed by atoms with Gasteiger partial charge < -0.3 is 15.0 Å². The topological polar surface area (TPSA) is 41.6 Å². The Kier molecular flexibility index (Phi) is 5.08. The highest BCUT2D eigenvalue weighted by Crippen LogP contribution is 2.14. The van der Waals surface area contributed by atoms with Crippen LogP contribution in [0.25, 0.3) is 0 Å². The summed E-state index contributed by atoms with van der Waals surface area (Å²) in [6.07, 6.45) is -3.32. The molecule has 94 valence electrons. The summed E-state index contributed by atoms with van der Waals surface area (Å²) in [5.74, 6) is -0.0685. The van der Waals surface area contributed by atoms with E-state index in [0.717, 1.165) is 0 Å². The van der Waals surface area contributed by atoms with Crippen LogP contribution in [0.15, 0.2) is 0 Å². The minimum absolute atomic E-state index is 0.0685. The lowest BCUT2D eigenvalue weighted by molar-refractivity contribution is -0.132. The first kappa shape index (κ1) is 13.3. The normalized spacial score (nSPS) is 24.3. The Morgan fingerprint density at radius 1 is 1.50 bits per heavy atom. The predicted molar refractivity (Wildman–Crippen MR) is 55.5 cm³/mol. The minimum Gasteiger partial charge on any atom is -0.370 e. The smallest absolute Gasteiger partial charge is 0.264 e. The largest absolute Gasteiger partial charge is 0.370 e. The molecule has 0 aliphatic carbocycles. The van der Waals surface area contributed by atoms with Crippen molar-refractivity contribution in [2.45, 2.75) is 31.9 Å². The molecule has 6 heteroatoms. The number of ether oxygens (including phenoxy) is 1. The van der Waals surface area contributed by atoms with Crippen molar-refractivity contribution in [2.24, 2.45) is 0 Å². The van der Waals surface area contributed by atoms with E-state index in [1.807, 2.05) is 0 Å². The van der Waals surface area contributed by atoms with Gasteiger partial charge in [-0.3, -0.25) is 4.79 Å². The van der Waals surface area contributed by atoms with E-state index in [1.165, 1.54) is 0 Å². The molecule has 1 heterocycles. The highest BCUT2D eigenvalue weighted by molar-refractivity contribution is 5.81. The molecule has 0 saturated carbocycles. The van der Waals surface area contributed by atoms with Crippen molar-refractivity contribution < 1.29 is 18.3 Å². The molecule has 2 atom stereocenters. The second kappa shape index (κ2) is 6.10. The number of carbonyl (C=O) groups excluding carboxylic acids is 1. The van der Waals surface area contributed by atoms with Gasteiger partial charge in [-0.25, -0.2) is 8.78 Å². The zero-order valence-electron chi connectivity index (χ0n) is 9.58. The number of likely N-dealkylation sites (N-methyl/N-ethyl adjacent to an activating group) is 1.